The van der Waals surface area contributed by atoms with Gasteiger partial charge in [0.1, 0.15) is 11.3 Å². The number of nitrogens with zero attached hydrogens (tertiary/aromatic N) is 2. The van der Waals surface area contributed by atoms with Gasteiger partial charge in [-0.15, -0.1) is 0 Å². The van der Waals surface area contributed by atoms with Crippen molar-refractivity contribution in [3.63, 3.8) is 0 Å². The summed E-state index contributed by atoms with van der Waals surface area (Å²) in [4.78, 5) is 6.54. The van der Waals surface area contributed by atoms with Crippen LogP contribution in [0.2, 0.25) is 0 Å². The number of fused-ring (bicyclic) bond motifs is 1. The van der Waals surface area contributed by atoms with E-state index in [0.717, 1.165) is 42.1 Å². The molecule has 1 saturated heterocycles. The van der Waals surface area contributed by atoms with E-state index in [1.807, 2.05) is 45.9 Å². The summed E-state index contributed by atoms with van der Waals surface area (Å²) in [5.74, 6) is 1.74. The Morgan fingerprint density at radius 3 is 2.43 bits per heavy atom. The first-order valence-electron chi connectivity index (χ1n) is 8.37. The number of phenols is 1. The lowest BCUT2D eigenvalue weighted by molar-refractivity contribution is 0.292. The van der Waals surface area contributed by atoms with Crippen molar-refractivity contribution in [3.05, 3.63) is 36.0 Å². The van der Waals surface area contributed by atoms with Crippen LogP contribution in [0.3, 0.4) is 0 Å². The number of aromatic hydroxyl groups is 1. The lowest BCUT2D eigenvalue weighted by Gasteiger charge is -2.26. The molecule has 0 spiro atoms. The molecule has 128 valence electrons. The Morgan fingerprint density at radius 2 is 1.78 bits per heavy atom. The fraction of sp³-hybridized carbons (Fsp3) is 0.500. The predicted molar refractivity (Wildman–Crippen MR) is 99.3 cm³/mol. The maximum absolute atomic E-state index is 11.4. The Labute approximate surface area is 142 Å². The van der Waals surface area contributed by atoms with E-state index in [0.29, 0.717) is 5.52 Å². The molecule has 0 saturated carbocycles. The first-order valence-corrected chi connectivity index (χ1v) is 9.86. The van der Waals surface area contributed by atoms with Gasteiger partial charge in [0.05, 0.1) is 0 Å². The molecule has 1 aliphatic rings. The second-order valence-electron chi connectivity index (χ2n) is 4.77. The van der Waals surface area contributed by atoms with Crippen molar-refractivity contribution < 1.29 is 9.32 Å². The number of hydrogen-bond donors (Lipinski definition) is 1. The lowest BCUT2D eigenvalue weighted by Crippen LogP contribution is -2.37. The summed E-state index contributed by atoms with van der Waals surface area (Å²) in [7, 11) is -0.644. The van der Waals surface area contributed by atoms with Crippen molar-refractivity contribution in [1.29, 1.82) is 0 Å². The molecule has 2 aromatic rings. The van der Waals surface area contributed by atoms with E-state index in [1.165, 1.54) is 0 Å². The second kappa shape index (κ2) is 10.3. The highest BCUT2D eigenvalue weighted by atomic mass is 32.2. The standard InChI is InChI=1S/C14H16N2O2S.2C2H6/c17-13-4-3-11(12-2-1-5-15-14(12)13)10-16-6-8-19(18)9-7-16;2*1-2/h1-5,17H,6-10H2;2*1-2H3. The quantitative estimate of drug-likeness (QED) is 0.911. The van der Waals surface area contributed by atoms with Gasteiger partial charge in [-0.3, -0.25) is 14.1 Å². The van der Waals surface area contributed by atoms with Crippen LogP contribution in [0.25, 0.3) is 10.9 Å². The zero-order valence-corrected chi connectivity index (χ0v) is 15.4. The minimum Gasteiger partial charge on any atom is -0.506 e. The van der Waals surface area contributed by atoms with E-state index < -0.39 is 10.8 Å². The van der Waals surface area contributed by atoms with Gasteiger partial charge in [-0.25, -0.2) is 0 Å². The summed E-state index contributed by atoms with van der Waals surface area (Å²) in [6, 6.07) is 7.52. The minimum absolute atomic E-state index is 0.221. The van der Waals surface area contributed by atoms with Crippen molar-refractivity contribution in [2.75, 3.05) is 24.6 Å². The lowest BCUT2D eigenvalue weighted by atomic mass is 10.1. The van der Waals surface area contributed by atoms with Crippen molar-refractivity contribution >= 4 is 21.7 Å². The third-order valence-corrected chi connectivity index (χ3v) is 4.78. The van der Waals surface area contributed by atoms with E-state index in [9.17, 15) is 9.32 Å². The highest BCUT2D eigenvalue weighted by molar-refractivity contribution is 7.85. The second-order valence-corrected chi connectivity index (χ2v) is 6.46. The molecule has 0 aliphatic carbocycles. The van der Waals surface area contributed by atoms with Gasteiger partial charge in [0.15, 0.2) is 0 Å². The average Bonchev–Trinajstić information content (AvgIpc) is 2.63. The number of hydrogen-bond acceptors (Lipinski definition) is 4. The molecule has 4 nitrogen and oxygen atoms in total. The minimum atomic E-state index is -0.644. The smallest absolute Gasteiger partial charge is 0.141 e. The topological polar surface area (TPSA) is 53.4 Å². The van der Waals surface area contributed by atoms with Gasteiger partial charge >= 0.3 is 0 Å². The molecule has 1 aromatic heterocycles. The fourth-order valence-corrected chi connectivity index (χ4v) is 3.56. The van der Waals surface area contributed by atoms with Gasteiger partial charge < -0.3 is 5.11 Å². The van der Waals surface area contributed by atoms with Crippen LogP contribution in [0.15, 0.2) is 30.5 Å². The van der Waals surface area contributed by atoms with Crippen molar-refractivity contribution in [1.82, 2.24) is 9.88 Å². The number of rotatable bonds is 2. The predicted octanol–water partition coefficient (Wildman–Crippen LogP) is 3.56. The van der Waals surface area contributed by atoms with Gasteiger partial charge in [0.2, 0.25) is 0 Å². The molecule has 1 aromatic carbocycles. The SMILES string of the molecule is CC.CC.O=S1CCN(Cc2ccc(O)c3ncccc23)CC1. The molecule has 1 fully saturated rings. The van der Waals surface area contributed by atoms with Crippen LogP contribution in [0.1, 0.15) is 33.3 Å². The number of aromatic nitrogens is 1. The zero-order chi connectivity index (χ0) is 17.2. The Kier molecular flexibility index (Phi) is 8.81. The molecule has 0 unspecified atom stereocenters. The van der Waals surface area contributed by atoms with Crippen molar-refractivity contribution in [2.45, 2.75) is 34.2 Å². The molecule has 0 amide bonds. The normalized spacial score (nSPS) is 15.3. The maximum Gasteiger partial charge on any atom is 0.141 e. The third-order valence-electron chi connectivity index (χ3n) is 3.50. The summed E-state index contributed by atoms with van der Waals surface area (Å²) in [5, 5.41) is 10.8. The van der Waals surface area contributed by atoms with Crippen LogP contribution < -0.4 is 0 Å². The summed E-state index contributed by atoms with van der Waals surface area (Å²) >= 11 is 0. The van der Waals surface area contributed by atoms with Gasteiger partial charge in [0.25, 0.3) is 0 Å². The van der Waals surface area contributed by atoms with Crippen LogP contribution >= 0.6 is 0 Å². The number of phenolic OH excluding ortho intramolecular Hbond substituents is 1. The van der Waals surface area contributed by atoms with Crippen LogP contribution in [0.5, 0.6) is 5.75 Å². The average molecular weight is 337 g/mol. The molecule has 1 N–H and O–H groups in total. The molecular weight excluding hydrogens is 308 g/mol. The molecular formula is C18H28N2O2S. The van der Waals surface area contributed by atoms with Crippen LogP contribution in [0.4, 0.5) is 0 Å². The molecule has 0 atom stereocenters. The number of benzene rings is 1. The van der Waals surface area contributed by atoms with E-state index in [4.69, 9.17) is 0 Å². The maximum atomic E-state index is 11.4. The number of pyridine rings is 1. The Hall–Kier alpha value is -1.46. The molecule has 3 rings (SSSR count). The summed E-state index contributed by atoms with van der Waals surface area (Å²) in [6.07, 6.45) is 1.69. The van der Waals surface area contributed by atoms with E-state index in [1.54, 1.807) is 12.3 Å². The third kappa shape index (κ3) is 5.29. The molecule has 2 heterocycles. The molecule has 23 heavy (non-hydrogen) atoms. The van der Waals surface area contributed by atoms with Crippen LogP contribution in [-0.2, 0) is 17.3 Å². The first kappa shape index (κ1) is 19.6. The Balaban J connectivity index is 0.000000615. The summed E-state index contributed by atoms with van der Waals surface area (Å²) in [6.45, 7) is 10.6. The summed E-state index contributed by atoms with van der Waals surface area (Å²) in [5.41, 5.74) is 1.81. The highest BCUT2D eigenvalue weighted by Crippen LogP contribution is 2.26. The Morgan fingerprint density at radius 1 is 1.13 bits per heavy atom. The van der Waals surface area contributed by atoms with Crippen LogP contribution in [-0.4, -0.2) is 43.8 Å². The fourth-order valence-electron chi connectivity index (χ4n) is 2.43. The van der Waals surface area contributed by atoms with Crippen molar-refractivity contribution in [3.8, 4) is 5.75 Å². The first-order chi connectivity index (χ1) is 11.2. The molecule has 1 aliphatic heterocycles. The van der Waals surface area contributed by atoms with E-state index in [2.05, 4.69) is 9.88 Å². The molecule has 0 bridgehead atoms. The van der Waals surface area contributed by atoms with Crippen molar-refractivity contribution in [2.24, 2.45) is 0 Å². The monoisotopic (exact) mass is 336 g/mol. The summed E-state index contributed by atoms with van der Waals surface area (Å²) < 4.78 is 11.4. The van der Waals surface area contributed by atoms with Gasteiger partial charge in [-0.1, -0.05) is 39.8 Å². The van der Waals surface area contributed by atoms with E-state index in [-0.39, 0.29) is 5.75 Å². The largest absolute Gasteiger partial charge is 0.506 e. The van der Waals surface area contributed by atoms with E-state index >= 15 is 0 Å². The Bertz CT molecular complexity index is 621. The highest BCUT2D eigenvalue weighted by Gasteiger charge is 2.16. The van der Waals surface area contributed by atoms with Gasteiger partial charge in [-0.05, 0) is 17.7 Å². The van der Waals surface area contributed by atoms with Gasteiger partial charge in [-0.2, -0.15) is 0 Å². The zero-order valence-electron chi connectivity index (χ0n) is 14.6. The van der Waals surface area contributed by atoms with Crippen LogP contribution in [0, 0.1) is 0 Å². The molecule has 5 heteroatoms. The van der Waals surface area contributed by atoms with Gasteiger partial charge in [0, 0.05) is 53.5 Å². The molecule has 0 radical (unpaired) electrons.